The minimum atomic E-state index is -3.76. The van der Waals surface area contributed by atoms with Gasteiger partial charge in [-0.25, -0.2) is 16.8 Å². The van der Waals surface area contributed by atoms with Crippen molar-refractivity contribution in [3.8, 4) is 0 Å². The van der Waals surface area contributed by atoms with Gasteiger partial charge in [0.05, 0.1) is 15.5 Å². The molecular weight excluding hydrogens is 366 g/mol. The molecule has 0 saturated carbocycles. The van der Waals surface area contributed by atoms with Crippen molar-refractivity contribution in [2.24, 2.45) is 5.92 Å². The normalized spacial score (nSPS) is 19.6. The molecule has 0 aromatic heterocycles. The molecule has 1 N–H and O–H groups in total. The summed E-state index contributed by atoms with van der Waals surface area (Å²) in [6, 6.07) is 5.24. The van der Waals surface area contributed by atoms with E-state index in [0.717, 1.165) is 0 Å². The molecule has 7 nitrogen and oxygen atoms in total. The first-order chi connectivity index (χ1) is 11.7. The highest BCUT2D eigenvalue weighted by atomic mass is 32.2. The van der Waals surface area contributed by atoms with Crippen molar-refractivity contribution in [1.29, 1.82) is 0 Å². The van der Waals surface area contributed by atoms with E-state index in [1.165, 1.54) is 28.6 Å². The maximum atomic E-state index is 12.7. The van der Waals surface area contributed by atoms with Crippen molar-refractivity contribution in [2.45, 2.75) is 42.4 Å². The fourth-order valence-corrected chi connectivity index (χ4v) is 5.89. The van der Waals surface area contributed by atoms with Gasteiger partial charge in [0.1, 0.15) is 0 Å². The fourth-order valence-electron chi connectivity index (χ4n) is 3.01. The predicted molar refractivity (Wildman–Crippen MR) is 92.5 cm³/mol. The lowest BCUT2D eigenvalue weighted by molar-refractivity contribution is -0.138. The number of aliphatic carboxylic acids is 1. The number of benzene rings is 1. The van der Waals surface area contributed by atoms with Crippen LogP contribution >= 0.6 is 0 Å². The second-order valence-corrected chi connectivity index (χ2v) is 10.3. The summed E-state index contributed by atoms with van der Waals surface area (Å²) in [5, 5.41) is 8.90. The van der Waals surface area contributed by atoms with Crippen molar-refractivity contribution in [3.05, 3.63) is 24.3 Å². The van der Waals surface area contributed by atoms with Crippen LogP contribution in [0.3, 0.4) is 0 Å². The van der Waals surface area contributed by atoms with E-state index in [0.29, 0.717) is 25.8 Å². The van der Waals surface area contributed by atoms with Crippen LogP contribution in [0, 0.1) is 5.92 Å². The Labute approximate surface area is 148 Å². The molecule has 1 aliphatic heterocycles. The van der Waals surface area contributed by atoms with Crippen LogP contribution in [-0.4, -0.2) is 51.1 Å². The Balaban J connectivity index is 2.20. The monoisotopic (exact) mass is 389 g/mol. The van der Waals surface area contributed by atoms with E-state index in [1.54, 1.807) is 6.92 Å². The minimum Gasteiger partial charge on any atom is -0.481 e. The van der Waals surface area contributed by atoms with Gasteiger partial charge >= 0.3 is 5.97 Å². The van der Waals surface area contributed by atoms with Crippen molar-refractivity contribution in [3.63, 3.8) is 0 Å². The molecule has 0 amide bonds. The smallest absolute Gasteiger partial charge is 0.303 e. The number of sulfonamides is 1. The van der Waals surface area contributed by atoms with Crippen LogP contribution in [0.2, 0.25) is 0 Å². The Morgan fingerprint density at radius 1 is 1.16 bits per heavy atom. The van der Waals surface area contributed by atoms with Crippen LogP contribution in [-0.2, 0) is 24.7 Å². The SMILES string of the molecule is CCCS(=O)(=O)c1ccc(S(=O)(=O)N2CCCC(CC(=O)O)C2)cc1. The Hall–Kier alpha value is -1.45. The van der Waals surface area contributed by atoms with E-state index in [2.05, 4.69) is 0 Å². The van der Waals surface area contributed by atoms with E-state index >= 15 is 0 Å². The Kier molecular flexibility index (Phi) is 6.23. The van der Waals surface area contributed by atoms with Crippen molar-refractivity contribution in [2.75, 3.05) is 18.8 Å². The van der Waals surface area contributed by atoms with Gasteiger partial charge in [-0.3, -0.25) is 4.79 Å². The second-order valence-electron chi connectivity index (χ2n) is 6.26. The number of rotatable bonds is 7. The lowest BCUT2D eigenvalue weighted by Gasteiger charge is -2.31. The zero-order valence-corrected chi connectivity index (χ0v) is 15.7. The molecule has 1 aromatic carbocycles. The standard InChI is InChI=1S/C16H23NO6S2/c1-2-10-24(20,21)14-5-7-15(8-6-14)25(22,23)17-9-3-4-13(12-17)11-16(18)19/h5-8,13H,2-4,9-12H2,1H3,(H,18,19). The lowest BCUT2D eigenvalue weighted by Crippen LogP contribution is -2.40. The number of carboxylic acids is 1. The first kappa shape index (κ1) is 19.9. The predicted octanol–water partition coefficient (Wildman–Crippen LogP) is 1.75. The lowest BCUT2D eigenvalue weighted by atomic mass is 9.96. The van der Waals surface area contributed by atoms with E-state index in [1.807, 2.05) is 0 Å². The van der Waals surface area contributed by atoms with Gasteiger partial charge in [0, 0.05) is 19.5 Å². The van der Waals surface area contributed by atoms with Crippen LogP contribution < -0.4 is 0 Å². The quantitative estimate of drug-likeness (QED) is 0.761. The van der Waals surface area contributed by atoms with Gasteiger partial charge in [0.25, 0.3) is 0 Å². The number of hydrogen-bond donors (Lipinski definition) is 1. The highest BCUT2D eigenvalue weighted by Crippen LogP contribution is 2.26. The van der Waals surface area contributed by atoms with Gasteiger partial charge < -0.3 is 5.11 Å². The molecule has 2 rings (SSSR count). The van der Waals surface area contributed by atoms with Crippen LogP contribution in [0.25, 0.3) is 0 Å². The summed E-state index contributed by atoms with van der Waals surface area (Å²) in [5.41, 5.74) is 0. The fraction of sp³-hybridized carbons (Fsp3) is 0.562. The number of sulfone groups is 1. The second kappa shape index (κ2) is 7.84. The molecule has 0 spiro atoms. The maximum Gasteiger partial charge on any atom is 0.303 e. The summed E-state index contributed by atoms with van der Waals surface area (Å²) >= 11 is 0. The molecule has 9 heteroatoms. The van der Waals surface area contributed by atoms with Crippen molar-refractivity contribution >= 4 is 25.8 Å². The third-order valence-electron chi connectivity index (χ3n) is 4.24. The number of nitrogens with zero attached hydrogens (tertiary/aromatic N) is 1. The van der Waals surface area contributed by atoms with Crippen LogP contribution in [0.15, 0.2) is 34.1 Å². The Morgan fingerprint density at radius 3 is 2.32 bits per heavy atom. The molecule has 1 aliphatic rings. The molecule has 0 radical (unpaired) electrons. The average molecular weight is 389 g/mol. The van der Waals surface area contributed by atoms with Crippen LogP contribution in [0.1, 0.15) is 32.6 Å². The molecule has 1 atom stereocenters. The van der Waals surface area contributed by atoms with Crippen molar-refractivity contribution < 1.29 is 26.7 Å². The number of carboxylic acid groups (broad SMARTS) is 1. The molecule has 1 unspecified atom stereocenters. The van der Waals surface area contributed by atoms with E-state index in [-0.39, 0.29) is 34.4 Å². The van der Waals surface area contributed by atoms with Crippen molar-refractivity contribution in [1.82, 2.24) is 4.31 Å². The molecule has 0 aliphatic carbocycles. The highest BCUT2D eigenvalue weighted by molar-refractivity contribution is 7.91. The Morgan fingerprint density at radius 2 is 1.76 bits per heavy atom. The molecule has 1 aromatic rings. The topological polar surface area (TPSA) is 109 Å². The molecule has 1 fully saturated rings. The van der Waals surface area contributed by atoms with E-state index < -0.39 is 25.8 Å². The third-order valence-corrected chi connectivity index (χ3v) is 8.05. The van der Waals surface area contributed by atoms with Crippen LogP contribution in [0.4, 0.5) is 0 Å². The minimum absolute atomic E-state index is 0.0160. The van der Waals surface area contributed by atoms with Gasteiger partial charge in [-0.15, -0.1) is 0 Å². The molecular formula is C16H23NO6S2. The largest absolute Gasteiger partial charge is 0.481 e. The zero-order chi connectivity index (χ0) is 18.7. The zero-order valence-electron chi connectivity index (χ0n) is 14.1. The van der Waals surface area contributed by atoms with Crippen LogP contribution in [0.5, 0.6) is 0 Å². The van der Waals surface area contributed by atoms with E-state index in [9.17, 15) is 21.6 Å². The summed E-state index contributed by atoms with van der Waals surface area (Å²) in [4.78, 5) is 11.0. The number of piperidine rings is 1. The number of carbonyl (C=O) groups is 1. The highest BCUT2D eigenvalue weighted by Gasteiger charge is 2.31. The molecule has 1 saturated heterocycles. The molecule has 0 bridgehead atoms. The van der Waals surface area contributed by atoms with Gasteiger partial charge in [-0.2, -0.15) is 4.31 Å². The molecule has 25 heavy (non-hydrogen) atoms. The summed E-state index contributed by atoms with van der Waals surface area (Å²) in [7, 11) is -7.15. The summed E-state index contributed by atoms with van der Waals surface area (Å²) < 4.78 is 50.8. The van der Waals surface area contributed by atoms with E-state index in [4.69, 9.17) is 5.11 Å². The third kappa shape index (κ3) is 4.80. The van der Waals surface area contributed by atoms with Gasteiger partial charge in [-0.05, 0) is 49.4 Å². The number of hydrogen-bond acceptors (Lipinski definition) is 5. The molecule has 140 valence electrons. The summed E-state index contributed by atoms with van der Waals surface area (Å²) in [5.74, 6) is -1.12. The van der Waals surface area contributed by atoms with Gasteiger partial charge in [0.2, 0.25) is 10.0 Å². The summed E-state index contributed by atoms with van der Waals surface area (Å²) in [6.45, 7) is 2.28. The molecule has 1 heterocycles. The van der Waals surface area contributed by atoms with Gasteiger partial charge in [-0.1, -0.05) is 6.92 Å². The first-order valence-corrected chi connectivity index (χ1v) is 11.3. The maximum absolute atomic E-state index is 12.7. The Bertz CT molecular complexity index is 815. The van der Waals surface area contributed by atoms with Gasteiger partial charge in [0.15, 0.2) is 9.84 Å². The first-order valence-electron chi connectivity index (χ1n) is 8.21. The summed E-state index contributed by atoms with van der Waals surface area (Å²) in [6.07, 6.45) is 1.73. The average Bonchev–Trinajstić information content (AvgIpc) is 2.54.